The van der Waals surface area contributed by atoms with Gasteiger partial charge in [-0.2, -0.15) is 0 Å². The SMILES string of the molecule is CCC1CCCCN1c1cc(NC2CCCCCC2)nc(C)n1. The second kappa shape index (κ2) is 7.98. The van der Waals surface area contributed by atoms with E-state index in [1.807, 2.05) is 6.92 Å². The highest BCUT2D eigenvalue weighted by atomic mass is 15.2. The summed E-state index contributed by atoms with van der Waals surface area (Å²) >= 11 is 0. The maximum absolute atomic E-state index is 4.74. The summed E-state index contributed by atoms with van der Waals surface area (Å²) in [5, 5.41) is 3.70. The molecule has 2 aliphatic rings. The number of rotatable bonds is 4. The second-order valence-electron chi connectivity index (χ2n) is 7.24. The summed E-state index contributed by atoms with van der Waals surface area (Å²) in [6, 6.07) is 3.41. The van der Waals surface area contributed by atoms with Gasteiger partial charge in [0, 0.05) is 24.7 Å². The van der Waals surface area contributed by atoms with E-state index in [0.29, 0.717) is 12.1 Å². The first kappa shape index (κ1) is 16.5. The van der Waals surface area contributed by atoms with Gasteiger partial charge in [-0.15, -0.1) is 0 Å². The van der Waals surface area contributed by atoms with E-state index in [1.54, 1.807) is 0 Å². The van der Waals surface area contributed by atoms with Crippen LogP contribution in [0.25, 0.3) is 0 Å². The van der Waals surface area contributed by atoms with Crippen LogP contribution in [0.3, 0.4) is 0 Å². The topological polar surface area (TPSA) is 41.0 Å². The van der Waals surface area contributed by atoms with E-state index >= 15 is 0 Å². The number of nitrogens with one attached hydrogen (secondary N) is 1. The standard InChI is InChI=1S/C19H32N4/c1-3-17-12-8-9-13-23(17)19-14-18(20-15(2)21-19)22-16-10-6-4-5-7-11-16/h14,16-17H,3-13H2,1-2H3,(H,20,21,22). The molecule has 1 aliphatic carbocycles. The summed E-state index contributed by atoms with van der Waals surface area (Å²) in [7, 11) is 0. The molecule has 0 amide bonds. The highest BCUT2D eigenvalue weighted by Gasteiger charge is 2.23. The fourth-order valence-electron chi connectivity index (χ4n) is 4.13. The van der Waals surface area contributed by atoms with Crippen LogP contribution in [0.5, 0.6) is 0 Å². The van der Waals surface area contributed by atoms with Crippen molar-refractivity contribution in [2.75, 3.05) is 16.8 Å². The van der Waals surface area contributed by atoms with Crippen LogP contribution in [0.1, 0.15) is 77.0 Å². The van der Waals surface area contributed by atoms with E-state index in [-0.39, 0.29) is 0 Å². The summed E-state index contributed by atoms with van der Waals surface area (Å²) < 4.78 is 0. The van der Waals surface area contributed by atoms with Gasteiger partial charge in [0.1, 0.15) is 17.5 Å². The third-order valence-corrected chi connectivity index (χ3v) is 5.42. The summed E-state index contributed by atoms with van der Waals surface area (Å²) in [5.41, 5.74) is 0. The third kappa shape index (κ3) is 4.36. The Bertz CT molecular complexity index is 494. The van der Waals surface area contributed by atoms with Gasteiger partial charge >= 0.3 is 0 Å². The van der Waals surface area contributed by atoms with E-state index < -0.39 is 0 Å². The van der Waals surface area contributed by atoms with Crippen molar-refractivity contribution < 1.29 is 0 Å². The largest absolute Gasteiger partial charge is 0.367 e. The van der Waals surface area contributed by atoms with Gasteiger partial charge in [0.2, 0.25) is 0 Å². The van der Waals surface area contributed by atoms with Gasteiger partial charge in [-0.05, 0) is 45.4 Å². The average molecular weight is 316 g/mol. The molecule has 0 bridgehead atoms. The molecule has 1 saturated heterocycles. The quantitative estimate of drug-likeness (QED) is 0.818. The van der Waals surface area contributed by atoms with Gasteiger partial charge in [-0.25, -0.2) is 9.97 Å². The maximum atomic E-state index is 4.74. The predicted molar refractivity (Wildman–Crippen MR) is 97.2 cm³/mol. The first-order valence-electron chi connectivity index (χ1n) is 9.65. The van der Waals surface area contributed by atoms with Crippen molar-refractivity contribution in [1.29, 1.82) is 0 Å². The average Bonchev–Trinajstić information content (AvgIpc) is 2.83. The highest BCUT2D eigenvalue weighted by Crippen LogP contribution is 2.27. The highest BCUT2D eigenvalue weighted by molar-refractivity contribution is 5.50. The molecule has 1 saturated carbocycles. The molecule has 4 heteroatoms. The van der Waals surface area contributed by atoms with Gasteiger partial charge in [0.25, 0.3) is 0 Å². The van der Waals surface area contributed by atoms with Crippen molar-refractivity contribution in [1.82, 2.24) is 9.97 Å². The van der Waals surface area contributed by atoms with Crippen LogP contribution in [0, 0.1) is 6.92 Å². The Kier molecular flexibility index (Phi) is 5.74. The molecule has 1 atom stereocenters. The van der Waals surface area contributed by atoms with E-state index in [2.05, 4.69) is 28.2 Å². The summed E-state index contributed by atoms with van der Waals surface area (Å²) in [6.45, 7) is 5.45. The zero-order valence-electron chi connectivity index (χ0n) is 14.9. The number of anilines is 2. The monoisotopic (exact) mass is 316 g/mol. The van der Waals surface area contributed by atoms with Gasteiger partial charge in [-0.1, -0.05) is 32.6 Å². The second-order valence-corrected chi connectivity index (χ2v) is 7.24. The van der Waals surface area contributed by atoms with Crippen LogP contribution in [-0.2, 0) is 0 Å². The molecular formula is C19H32N4. The van der Waals surface area contributed by atoms with Crippen molar-refractivity contribution in [2.45, 2.75) is 90.1 Å². The van der Waals surface area contributed by atoms with E-state index in [4.69, 9.17) is 4.98 Å². The lowest BCUT2D eigenvalue weighted by atomic mass is 10.00. The van der Waals surface area contributed by atoms with Crippen molar-refractivity contribution in [3.8, 4) is 0 Å². The summed E-state index contributed by atoms with van der Waals surface area (Å²) in [4.78, 5) is 11.9. The molecule has 23 heavy (non-hydrogen) atoms. The van der Waals surface area contributed by atoms with Crippen molar-refractivity contribution >= 4 is 11.6 Å². The number of aryl methyl sites for hydroxylation is 1. The Balaban J connectivity index is 1.75. The van der Waals surface area contributed by atoms with E-state index in [0.717, 1.165) is 24.0 Å². The van der Waals surface area contributed by atoms with Crippen LogP contribution < -0.4 is 10.2 Å². The third-order valence-electron chi connectivity index (χ3n) is 5.42. The lowest BCUT2D eigenvalue weighted by Gasteiger charge is -2.36. The summed E-state index contributed by atoms with van der Waals surface area (Å²) in [5.74, 6) is 3.04. The molecule has 2 fully saturated rings. The number of nitrogens with zero attached hydrogens (tertiary/aromatic N) is 3. The number of hydrogen-bond donors (Lipinski definition) is 1. The van der Waals surface area contributed by atoms with Crippen LogP contribution >= 0.6 is 0 Å². The predicted octanol–water partition coefficient (Wildman–Crippen LogP) is 4.69. The lowest BCUT2D eigenvalue weighted by Crippen LogP contribution is -2.39. The smallest absolute Gasteiger partial charge is 0.134 e. The van der Waals surface area contributed by atoms with Crippen LogP contribution in [0.4, 0.5) is 11.6 Å². The molecule has 1 aromatic rings. The van der Waals surface area contributed by atoms with Gasteiger partial charge in [-0.3, -0.25) is 0 Å². The Morgan fingerprint density at radius 3 is 2.52 bits per heavy atom. The number of piperidine rings is 1. The molecular weight excluding hydrogens is 284 g/mol. The fraction of sp³-hybridized carbons (Fsp3) is 0.789. The lowest BCUT2D eigenvalue weighted by molar-refractivity contribution is 0.446. The molecule has 0 radical (unpaired) electrons. The molecule has 128 valence electrons. The Morgan fingerprint density at radius 2 is 1.78 bits per heavy atom. The van der Waals surface area contributed by atoms with E-state index in [1.165, 1.54) is 64.2 Å². The summed E-state index contributed by atoms with van der Waals surface area (Å²) in [6.07, 6.45) is 13.2. The minimum absolute atomic E-state index is 0.586. The Morgan fingerprint density at radius 1 is 1.04 bits per heavy atom. The minimum atomic E-state index is 0.586. The normalized spacial score (nSPS) is 23.6. The minimum Gasteiger partial charge on any atom is -0.367 e. The Hall–Kier alpha value is -1.32. The van der Waals surface area contributed by atoms with Gasteiger partial charge in [0.15, 0.2) is 0 Å². The zero-order valence-corrected chi connectivity index (χ0v) is 14.9. The van der Waals surface area contributed by atoms with Crippen LogP contribution in [0.15, 0.2) is 6.07 Å². The first-order chi connectivity index (χ1) is 11.3. The van der Waals surface area contributed by atoms with Crippen LogP contribution in [-0.4, -0.2) is 28.6 Å². The fourth-order valence-corrected chi connectivity index (χ4v) is 4.13. The molecule has 3 rings (SSSR count). The van der Waals surface area contributed by atoms with Crippen molar-refractivity contribution in [2.24, 2.45) is 0 Å². The Labute approximate surface area is 141 Å². The molecule has 0 spiro atoms. The first-order valence-corrected chi connectivity index (χ1v) is 9.65. The number of aromatic nitrogens is 2. The molecule has 4 nitrogen and oxygen atoms in total. The van der Waals surface area contributed by atoms with E-state index in [9.17, 15) is 0 Å². The van der Waals surface area contributed by atoms with Crippen molar-refractivity contribution in [3.05, 3.63) is 11.9 Å². The molecule has 1 N–H and O–H groups in total. The van der Waals surface area contributed by atoms with Crippen LogP contribution in [0.2, 0.25) is 0 Å². The van der Waals surface area contributed by atoms with Gasteiger partial charge < -0.3 is 10.2 Å². The molecule has 2 heterocycles. The number of hydrogen-bond acceptors (Lipinski definition) is 4. The molecule has 0 aromatic carbocycles. The van der Waals surface area contributed by atoms with Gasteiger partial charge in [0.05, 0.1) is 0 Å². The molecule has 1 unspecified atom stereocenters. The molecule has 1 aliphatic heterocycles. The van der Waals surface area contributed by atoms with Crippen molar-refractivity contribution in [3.63, 3.8) is 0 Å². The maximum Gasteiger partial charge on any atom is 0.134 e. The molecule has 1 aromatic heterocycles. The zero-order chi connectivity index (χ0) is 16.1.